The molecular formula is C13H14N2O2. The second kappa shape index (κ2) is 4.74. The molecule has 4 heteroatoms. The van der Waals surface area contributed by atoms with Crippen molar-refractivity contribution in [3.05, 3.63) is 48.3 Å². The highest BCUT2D eigenvalue weighted by molar-refractivity contribution is 6.04. The number of methoxy groups -OCH3 is 1. The number of para-hydroxylation sites is 2. The van der Waals surface area contributed by atoms with Crippen LogP contribution in [0.2, 0.25) is 0 Å². The first-order chi connectivity index (χ1) is 8.20. The van der Waals surface area contributed by atoms with Crippen LogP contribution in [0.1, 0.15) is 10.4 Å². The first-order valence-electron chi connectivity index (χ1n) is 5.27. The number of nitrogens with one attached hydrogen (secondary N) is 1. The average Bonchev–Trinajstić information content (AvgIpc) is 2.77. The molecule has 0 radical (unpaired) electrons. The summed E-state index contributed by atoms with van der Waals surface area (Å²) in [6.45, 7) is 0. The minimum Gasteiger partial charge on any atom is -0.495 e. The first-order valence-corrected chi connectivity index (χ1v) is 5.27. The molecule has 1 N–H and O–H groups in total. The van der Waals surface area contributed by atoms with Gasteiger partial charge in [0, 0.05) is 19.4 Å². The van der Waals surface area contributed by atoms with Gasteiger partial charge in [0.25, 0.3) is 5.91 Å². The van der Waals surface area contributed by atoms with E-state index in [2.05, 4.69) is 5.32 Å². The van der Waals surface area contributed by atoms with Crippen LogP contribution in [0.4, 0.5) is 5.69 Å². The molecule has 0 fully saturated rings. The first kappa shape index (κ1) is 11.3. The maximum atomic E-state index is 11.9. The molecule has 0 saturated heterocycles. The Balaban J connectivity index is 2.18. The zero-order valence-electron chi connectivity index (χ0n) is 9.81. The van der Waals surface area contributed by atoms with E-state index in [9.17, 15) is 4.79 Å². The van der Waals surface area contributed by atoms with Gasteiger partial charge in [-0.2, -0.15) is 0 Å². The molecule has 0 atom stereocenters. The normalized spacial score (nSPS) is 10.0. The van der Waals surface area contributed by atoms with Crippen LogP contribution < -0.4 is 10.1 Å². The van der Waals surface area contributed by atoms with E-state index in [1.54, 1.807) is 31.5 Å². The van der Waals surface area contributed by atoms with E-state index in [0.29, 0.717) is 17.0 Å². The van der Waals surface area contributed by atoms with E-state index in [-0.39, 0.29) is 5.91 Å². The van der Waals surface area contributed by atoms with Crippen molar-refractivity contribution in [1.82, 2.24) is 4.57 Å². The Morgan fingerprint density at radius 3 is 2.71 bits per heavy atom. The van der Waals surface area contributed by atoms with E-state index < -0.39 is 0 Å². The number of hydrogen-bond donors (Lipinski definition) is 1. The number of hydrogen-bond acceptors (Lipinski definition) is 2. The van der Waals surface area contributed by atoms with Crippen molar-refractivity contribution < 1.29 is 9.53 Å². The molecule has 88 valence electrons. The predicted molar refractivity (Wildman–Crippen MR) is 66.4 cm³/mol. The van der Waals surface area contributed by atoms with Gasteiger partial charge in [0.15, 0.2) is 0 Å². The third kappa shape index (κ3) is 2.47. The Morgan fingerprint density at radius 2 is 2.06 bits per heavy atom. The molecule has 0 aliphatic carbocycles. The molecule has 1 aromatic carbocycles. The highest BCUT2D eigenvalue weighted by atomic mass is 16.5. The molecular weight excluding hydrogens is 216 g/mol. The summed E-state index contributed by atoms with van der Waals surface area (Å²) in [5.74, 6) is 0.506. The molecule has 1 amide bonds. The van der Waals surface area contributed by atoms with Crippen LogP contribution >= 0.6 is 0 Å². The van der Waals surface area contributed by atoms with Crippen LogP contribution in [-0.2, 0) is 7.05 Å². The lowest BCUT2D eigenvalue weighted by atomic mass is 10.2. The number of anilines is 1. The summed E-state index contributed by atoms with van der Waals surface area (Å²) >= 11 is 0. The van der Waals surface area contributed by atoms with Crippen molar-refractivity contribution in [3.8, 4) is 5.75 Å². The summed E-state index contributed by atoms with van der Waals surface area (Å²) in [5, 5.41) is 2.81. The zero-order chi connectivity index (χ0) is 12.3. The second-order valence-corrected chi connectivity index (χ2v) is 3.72. The van der Waals surface area contributed by atoms with Crippen LogP contribution in [0.25, 0.3) is 0 Å². The third-order valence-electron chi connectivity index (χ3n) is 2.45. The minimum absolute atomic E-state index is 0.143. The SMILES string of the molecule is COc1ccccc1NC(=O)c1ccn(C)c1. The van der Waals surface area contributed by atoms with Crippen LogP contribution in [0, 0.1) is 0 Å². The van der Waals surface area contributed by atoms with Gasteiger partial charge in [-0.25, -0.2) is 0 Å². The standard InChI is InChI=1S/C13H14N2O2/c1-15-8-7-10(9-15)13(16)14-11-5-3-4-6-12(11)17-2/h3-9H,1-2H3,(H,14,16). The second-order valence-electron chi connectivity index (χ2n) is 3.72. The van der Waals surface area contributed by atoms with Gasteiger partial charge < -0.3 is 14.6 Å². The highest BCUT2D eigenvalue weighted by Crippen LogP contribution is 2.23. The van der Waals surface area contributed by atoms with Crippen molar-refractivity contribution in [2.75, 3.05) is 12.4 Å². The Kier molecular flexibility index (Phi) is 3.14. The van der Waals surface area contributed by atoms with E-state index in [1.165, 1.54) is 0 Å². The average molecular weight is 230 g/mol. The maximum Gasteiger partial charge on any atom is 0.257 e. The molecule has 1 heterocycles. The Labute approximate surface area is 99.8 Å². The lowest BCUT2D eigenvalue weighted by Gasteiger charge is -2.08. The molecule has 2 aromatic rings. The van der Waals surface area contributed by atoms with E-state index in [0.717, 1.165) is 0 Å². The number of aromatic nitrogens is 1. The summed E-state index contributed by atoms with van der Waals surface area (Å²) in [7, 11) is 3.45. The fourth-order valence-electron chi connectivity index (χ4n) is 1.58. The number of ether oxygens (including phenoxy) is 1. The summed E-state index contributed by atoms with van der Waals surface area (Å²) < 4.78 is 7.00. The van der Waals surface area contributed by atoms with E-state index >= 15 is 0 Å². The van der Waals surface area contributed by atoms with Gasteiger partial charge in [-0.05, 0) is 18.2 Å². The number of carbonyl (C=O) groups is 1. The molecule has 0 bridgehead atoms. The largest absolute Gasteiger partial charge is 0.495 e. The number of nitrogens with zero attached hydrogens (tertiary/aromatic N) is 1. The van der Waals surface area contributed by atoms with Crippen molar-refractivity contribution in [2.24, 2.45) is 7.05 Å². The van der Waals surface area contributed by atoms with Crippen molar-refractivity contribution in [1.29, 1.82) is 0 Å². The van der Waals surface area contributed by atoms with Crippen molar-refractivity contribution in [2.45, 2.75) is 0 Å². The molecule has 4 nitrogen and oxygen atoms in total. The molecule has 2 rings (SSSR count). The number of aryl methyl sites for hydroxylation is 1. The molecule has 0 aliphatic rings. The van der Waals surface area contributed by atoms with E-state index in [1.807, 2.05) is 29.9 Å². The van der Waals surface area contributed by atoms with Gasteiger partial charge in [-0.15, -0.1) is 0 Å². The summed E-state index contributed by atoms with van der Waals surface area (Å²) in [5.41, 5.74) is 1.29. The Bertz CT molecular complexity index is 532. The Morgan fingerprint density at radius 1 is 1.29 bits per heavy atom. The lowest BCUT2D eigenvalue weighted by molar-refractivity contribution is 0.102. The molecule has 17 heavy (non-hydrogen) atoms. The lowest BCUT2D eigenvalue weighted by Crippen LogP contribution is -2.11. The third-order valence-corrected chi connectivity index (χ3v) is 2.45. The number of benzene rings is 1. The van der Waals surface area contributed by atoms with Crippen molar-refractivity contribution in [3.63, 3.8) is 0 Å². The predicted octanol–water partition coefficient (Wildman–Crippen LogP) is 2.29. The zero-order valence-corrected chi connectivity index (χ0v) is 9.81. The van der Waals surface area contributed by atoms with Gasteiger partial charge in [0.1, 0.15) is 5.75 Å². The van der Waals surface area contributed by atoms with E-state index in [4.69, 9.17) is 4.74 Å². The van der Waals surface area contributed by atoms with Gasteiger partial charge in [0.2, 0.25) is 0 Å². The van der Waals surface area contributed by atoms with Crippen LogP contribution in [0.3, 0.4) is 0 Å². The van der Waals surface area contributed by atoms with Gasteiger partial charge in [0.05, 0.1) is 18.4 Å². The molecule has 0 aliphatic heterocycles. The molecule has 0 unspecified atom stereocenters. The molecule has 0 saturated carbocycles. The quantitative estimate of drug-likeness (QED) is 0.879. The minimum atomic E-state index is -0.143. The summed E-state index contributed by atoms with van der Waals surface area (Å²) in [6, 6.07) is 9.09. The summed E-state index contributed by atoms with van der Waals surface area (Å²) in [4.78, 5) is 11.9. The van der Waals surface area contributed by atoms with Crippen LogP contribution in [0.5, 0.6) is 5.75 Å². The molecule has 0 spiro atoms. The number of rotatable bonds is 3. The smallest absolute Gasteiger partial charge is 0.257 e. The molecule has 1 aromatic heterocycles. The monoisotopic (exact) mass is 230 g/mol. The fourth-order valence-corrected chi connectivity index (χ4v) is 1.58. The van der Waals surface area contributed by atoms with Crippen molar-refractivity contribution >= 4 is 11.6 Å². The topological polar surface area (TPSA) is 43.3 Å². The van der Waals surface area contributed by atoms with Crippen LogP contribution in [0.15, 0.2) is 42.7 Å². The fraction of sp³-hybridized carbons (Fsp3) is 0.154. The van der Waals surface area contributed by atoms with Crippen LogP contribution in [-0.4, -0.2) is 17.6 Å². The highest BCUT2D eigenvalue weighted by Gasteiger charge is 2.09. The van der Waals surface area contributed by atoms with Gasteiger partial charge in [-0.1, -0.05) is 12.1 Å². The number of amides is 1. The Hall–Kier alpha value is -2.23. The maximum absolute atomic E-state index is 11.9. The number of carbonyl (C=O) groups excluding carboxylic acids is 1. The van der Waals surface area contributed by atoms with Gasteiger partial charge >= 0.3 is 0 Å². The van der Waals surface area contributed by atoms with Gasteiger partial charge in [-0.3, -0.25) is 4.79 Å². The summed E-state index contributed by atoms with van der Waals surface area (Å²) in [6.07, 6.45) is 3.60.